The minimum absolute atomic E-state index is 0.168. The van der Waals surface area contributed by atoms with Gasteiger partial charge in [-0.15, -0.1) is 6.58 Å². The molecule has 96 valence electrons. The molecule has 0 unspecified atom stereocenters. The Morgan fingerprint density at radius 2 is 2.17 bits per heavy atom. The van der Waals surface area contributed by atoms with Crippen molar-refractivity contribution < 1.29 is 5.11 Å². The molecule has 0 heterocycles. The Bertz CT molecular complexity index is 472. The molecule has 2 atom stereocenters. The molecule has 1 aromatic rings. The van der Waals surface area contributed by atoms with E-state index < -0.39 is 6.04 Å². The van der Waals surface area contributed by atoms with Crippen LogP contribution < -0.4 is 0 Å². The first-order valence-electron chi connectivity index (χ1n) is 5.35. The zero-order chi connectivity index (χ0) is 13.5. The first-order chi connectivity index (χ1) is 8.63. The normalized spacial score (nSPS) is 13.5. The van der Waals surface area contributed by atoms with E-state index >= 15 is 0 Å². The number of benzene rings is 1. The van der Waals surface area contributed by atoms with E-state index in [1.54, 1.807) is 24.3 Å². The van der Waals surface area contributed by atoms with Gasteiger partial charge in [0, 0.05) is 4.91 Å². The maximum absolute atomic E-state index is 9.28. The highest BCUT2D eigenvalue weighted by Crippen LogP contribution is 2.31. The molecule has 0 fully saturated rings. The summed E-state index contributed by atoms with van der Waals surface area (Å²) in [5, 5.41) is 13.8. The van der Waals surface area contributed by atoms with Crippen LogP contribution in [-0.4, -0.2) is 17.8 Å². The SMILES string of the molecule is C=CC[C@@H](c1ccc(Cl)c(Cl)c1)[C@@H](CO)N=[N+]=[N-]. The molecular formula is C12H13Cl2N3O. The molecule has 6 heteroatoms. The Morgan fingerprint density at radius 3 is 2.67 bits per heavy atom. The van der Waals surface area contributed by atoms with Crippen LogP contribution in [0.4, 0.5) is 0 Å². The Kier molecular flexibility index (Phi) is 6.02. The Balaban J connectivity index is 3.13. The molecule has 0 aliphatic carbocycles. The van der Waals surface area contributed by atoms with Crippen LogP contribution in [0.15, 0.2) is 36.0 Å². The van der Waals surface area contributed by atoms with Crippen molar-refractivity contribution in [3.63, 3.8) is 0 Å². The topological polar surface area (TPSA) is 69.0 Å². The van der Waals surface area contributed by atoms with Crippen LogP contribution in [0.1, 0.15) is 17.9 Å². The molecule has 0 aliphatic rings. The summed E-state index contributed by atoms with van der Waals surface area (Å²) in [6.45, 7) is 3.43. The second-order valence-corrected chi connectivity index (χ2v) is 4.57. The minimum Gasteiger partial charge on any atom is -0.396 e. The average Bonchev–Trinajstić information content (AvgIpc) is 2.37. The number of allylic oxidation sites excluding steroid dienone is 1. The molecule has 0 amide bonds. The summed E-state index contributed by atoms with van der Waals surface area (Å²) in [6.07, 6.45) is 2.28. The van der Waals surface area contributed by atoms with Crippen molar-refractivity contribution in [2.75, 3.05) is 6.61 Å². The number of azide groups is 1. The monoisotopic (exact) mass is 285 g/mol. The molecule has 0 saturated heterocycles. The molecule has 18 heavy (non-hydrogen) atoms. The van der Waals surface area contributed by atoms with Gasteiger partial charge in [-0.2, -0.15) is 0 Å². The van der Waals surface area contributed by atoms with Gasteiger partial charge in [-0.3, -0.25) is 0 Å². The van der Waals surface area contributed by atoms with Gasteiger partial charge in [0.25, 0.3) is 0 Å². The third kappa shape index (κ3) is 3.65. The van der Waals surface area contributed by atoms with Crippen molar-refractivity contribution in [1.29, 1.82) is 0 Å². The second-order valence-electron chi connectivity index (χ2n) is 3.76. The number of aliphatic hydroxyl groups is 1. The molecule has 0 saturated carbocycles. The third-order valence-electron chi connectivity index (χ3n) is 2.64. The summed E-state index contributed by atoms with van der Waals surface area (Å²) >= 11 is 11.8. The summed E-state index contributed by atoms with van der Waals surface area (Å²) in [5.41, 5.74) is 9.36. The smallest absolute Gasteiger partial charge is 0.0676 e. The lowest BCUT2D eigenvalue weighted by Gasteiger charge is -2.21. The summed E-state index contributed by atoms with van der Waals surface area (Å²) in [5.74, 6) is -0.168. The zero-order valence-corrected chi connectivity index (χ0v) is 11.1. The van der Waals surface area contributed by atoms with Gasteiger partial charge in [0.1, 0.15) is 0 Å². The van der Waals surface area contributed by atoms with Crippen LogP contribution in [0.2, 0.25) is 10.0 Å². The molecule has 4 nitrogen and oxygen atoms in total. The van der Waals surface area contributed by atoms with Gasteiger partial charge in [-0.1, -0.05) is 40.5 Å². The maximum Gasteiger partial charge on any atom is 0.0676 e. The first-order valence-corrected chi connectivity index (χ1v) is 6.10. The van der Waals surface area contributed by atoms with Crippen LogP contribution >= 0.6 is 23.2 Å². The molecule has 0 aliphatic heterocycles. The molecular weight excluding hydrogens is 273 g/mol. The molecule has 1 aromatic carbocycles. The molecule has 1 N–H and O–H groups in total. The van der Waals surface area contributed by atoms with E-state index in [9.17, 15) is 5.11 Å². The highest BCUT2D eigenvalue weighted by Gasteiger charge is 2.21. The van der Waals surface area contributed by atoms with E-state index in [2.05, 4.69) is 16.6 Å². The fourth-order valence-electron chi connectivity index (χ4n) is 1.75. The first kappa shape index (κ1) is 14.9. The largest absolute Gasteiger partial charge is 0.396 e. The van der Waals surface area contributed by atoms with Crippen LogP contribution in [0.5, 0.6) is 0 Å². The highest BCUT2D eigenvalue weighted by atomic mass is 35.5. The minimum atomic E-state index is -0.551. The third-order valence-corrected chi connectivity index (χ3v) is 3.38. The van der Waals surface area contributed by atoms with Gasteiger partial charge in [0.2, 0.25) is 0 Å². The average molecular weight is 286 g/mol. The second kappa shape index (κ2) is 7.29. The Morgan fingerprint density at radius 1 is 1.44 bits per heavy atom. The van der Waals surface area contributed by atoms with Gasteiger partial charge in [-0.05, 0) is 35.6 Å². The van der Waals surface area contributed by atoms with Crippen molar-refractivity contribution in [2.45, 2.75) is 18.4 Å². The predicted octanol–water partition coefficient (Wildman–Crippen LogP) is 4.32. The number of aliphatic hydroxyl groups excluding tert-OH is 1. The predicted molar refractivity (Wildman–Crippen MR) is 74.0 cm³/mol. The molecule has 0 radical (unpaired) electrons. The van der Waals surface area contributed by atoms with Crippen LogP contribution in [0.3, 0.4) is 0 Å². The zero-order valence-electron chi connectivity index (χ0n) is 9.63. The van der Waals surface area contributed by atoms with Gasteiger partial charge in [-0.25, -0.2) is 0 Å². The van der Waals surface area contributed by atoms with Crippen LogP contribution in [0, 0.1) is 0 Å². The number of hydrogen-bond donors (Lipinski definition) is 1. The molecule has 0 bridgehead atoms. The van der Waals surface area contributed by atoms with Gasteiger partial charge >= 0.3 is 0 Å². The summed E-state index contributed by atoms with van der Waals surface area (Å²) < 4.78 is 0. The number of rotatable bonds is 6. The lowest BCUT2D eigenvalue weighted by molar-refractivity contribution is 0.248. The lowest BCUT2D eigenvalue weighted by atomic mass is 9.89. The van der Waals surface area contributed by atoms with Gasteiger partial charge in [0.05, 0.1) is 22.7 Å². The summed E-state index contributed by atoms with van der Waals surface area (Å²) in [6, 6.07) is 4.65. The molecule has 0 spiro atoms. The van der Waals surface area contributed by atoms with E-state index in [0.29, 0.717) is 16.5 Å². The number of hydrogen-bond acceptors (Lipinski definition) is 2. The van der Waals surface area contributed by atoms with Gasteiger partial charge in [0.15, 0.2) is 0 Å². The Labute approximate surface area is 115 Å². The van der Waals surface area contributed by atoms with E-state index in [1.807, 2.05) is 0 Å². The lowest BCUT2D eigenvalue weighted by Crippen LogP contribution is -2.20. The Hall–Kier alpha value is -1.19. The van der Waals surface area contributed by atoms with Crippen molar-refractivity contribution in [3.05, 3.63) is 56.9 Å². The van der Waals surface area contributed by atoms with Crippen molar-refractivity contribution in [2.24, 2.45) is 5.11 Å². The fraction of sp³-hybridized carbons (Fsp3) is 0.333. The van der Waals surface area contributed by atoms with Crippen molar-refractivity contribution in [1.82, 2.24) is 0 Å². The quantitative estimate of drug-likeness (QED) is 0.359. The van der Waals surface area contributed by atoms with Gasteiger partial charge < -0.3 is 5.11 Å². The van der Waals surface area contributed by atoms with Crippen molar-refractivity contribution in [3.8, 4) is 0 Å². The van der Waals surface area contributed by atoms with E-state index in [1.165, 1.54) is 0 Å². The van der Waals surface area contributed by atoms with E-state index in [0.717, 1.165) is 5.56 Å². The summed E-state index contributed by atoms with van der Waals surface area (Å²) in [4.78, 5) is 2.75. The fourth-order valence-corrected chi connectivity index (χ4v) is 2.05. The van der Waals surface area contributed by atoms with E-state index in [-0.39, 0.29) is 12.5 Å². The van der Waals surface area contributed by atoms with Crippen LogP contribution in [0.25, 0.3) is 10.4 Å². The number of halogens is 2. The molecule has 1 rings (SSSR count). The standard InChI is InChI=1S/C12H13Cl2N3O/c1-2-3-9(12(7-18)16-17-15)8-4-5-10(13)11(14)6-8/h2,4-6,9,12,18H,1,3,7H2/t9-,12+/m0/s1. The van der Waals surface area contributed by atoms with Crippen LogP contribution in [-0.2, 0) is 0 Å². The highest BCUT2D eigenvalue weighted by molar-refractivity contribution is 6.42. The maximum atomic E-state index is 9.28. The summed E-state index contributed by atoms with van der Waals surface area (Å²) in [7, 11) is 0. The van der Waals surface area contributed by atoms with Crippen molar-refractivity contribution >= 4 is 23.2 Å². The number of nitrogens with zero attached hydrogens (tertiary/aromatic N) is 3. The van der Waals surface area contributed by atoms with E-state index in [4.69, 9.17) is 28.7 Å². The molecule has 0 aromatic heterocycles.